The van der Waals surface area contributed by atoms with E-state index >= 15 is 0 Å². The van der Waals surface area contributed by atoms with Gasteiger partial charge in [-0.2, -0.15) is 0 Å². The molecule has 12 aromatic rings. The minimum Gasteiger partial charge on any atom is -0.310 e. The lowest BCUT2D eigenvalue weighted by Gasteiger charge is -2.28. The number of aromatic nitrogens is 5. The summed E-state index contributed by atoms with van der Waals surface area (Å²) in [7, 11) is 6.17. The van der Waals surface area contributed by atoms with Crippen LogP contribution in [0.5, 0.6) is 0 Å². The van der Waals surface area contributed by atoms with Crippen LogP contribution >= 0.6 is 0 Å². The molecule has 350 valence electrons. The Labute approximate surface area is 426 Å². The number of fused-ring (bicyclic) bond motifs is 6. The minimum absolute atomic E-state index is 0.199. The summed E-state index contributed by atoms with van der Waals surface area (Å²) < 4.78 is 10.8. The van der Waals surface area contributed by atoms with Crippen molar-refractivity contribution >= 4 is 38.9 Å². The Morgan fingerprint density at radius 3 is 1.44 bits per heavy atom. The van der Waals surface area contributed by atoms with E-state index in [1.54, 1.807) is 0 Å². The van der Waals surface area contributed by atoms with E-state index in [0.717, 1.165) is 34.0 Å². The topological polar surface area (TPSA) is 24.7 Å². The molecule has 0 radical (unpaired) electrons. The average molecular weight is 944 g/mol. The molecule has 0 atom stereocenters. The summed E-state index contributed by atoms with van der Waals surface area (Å²) in [5, 5.41) is 2.42. The van der Waals surface area contributed by atoms with Crippen LogP contribution in [0.15, 0.2) is 244 Å². The van der Waals surface area contributed by atoms with Crippen LogP contribution in [-0.4, -0.2) is 9.13 Å². The lowest BCUT2D eigenvalue weighted by Crippen LogP contribution is -2.25. The van der Waals surface area contributed by atoms with E-state index in [2.05, 4.69) is 306 Å². The van der Waals surface area contributed by atoms with Crippen LogP contribution in [0.2, 0.25) is 0 Å². The fourth-order valence-electron chi connectivity index (χ4n) is 11.2. The quantitative estimate of drug-likeness (QED) is 0.132. The van der Waals surface area contributed by atoms with Crippen molar-refractivity contribution in [3.63, 3.8) is 0 Å². The normalized spacial score (nSPS) is 12.6. The molecule has 73 heavy (non-hydrogen) atoms. The smallest absolute Gasteiger partial charge is 0.248 e. The zero-order valence-corrected chi connectivity index (χ0v) is 41.8. The maximum absolute atomic E-state index is 2.43. The first-order chi connectivity index (χ1) is 35.6. The highest BCUT2D eigenvalue weighted by Gasteiger charge is 2.36. The average Bonchev–Trinajstić information content (AvgIpc) is 4.09. The second-order valence-corrected chi connectivity index (χ2v) is 20.2. The predicted molar refractivity (Wildman–Crippen MR) is 298 cm³/mol. The Morgan fingerprint density at radius 1 is 0.370 bits per heavy atom. The third-order valence-electron chi connectivity index (χ3n) is 15.2. The molecule has 6 nitrogen and oxygen atoms in total. The van der Waals surface area contributed by atoms with Crippen LogP contribution in [0.1, 0.15) is 25.0 Å². The fourth-order valence-corrected chi connectivity index (χ4v) is 11.2. The Balaban J connectivity index is 0.893. The number of rotatable bonds is 9. The third-order valence-corrected chi connectivity index (χ3v) is 15.2. The fraction of sp³-hybridized carbons (Fsp3) is 0.0896. The van der Waals surface area contributed by atoms with Crippen molar-refractivity contribution in [2.24, 2.45) is 21.1 Å². The second kappa shape index (κ2) is 17.3. The molecule has 6 heteroatoms. The molecule has 13 rings (SSSR count). The molecule has 0 saturated carbocycles. The largest absolute Gasteiger partial charge is 0.310 e. The van der Waals surface area contributed by atoms with Crippen molar-refractivity contribution < 1.29 is 13.7 Å². The Bertz CT molecular complexity index is 4030. The Kier molecular flexibility index (Phi) is 10.4. The predicted octanol–water partition coefficient (Wildman–Crippen LogP) is 14.5. The van der Waals surface area contributed by atoms with E-state index in [-0.39, 0.29) is 5.41 Å². The highest BCUT2D eigenvalue weighted by molar-refractivity contribution is 6.11. The number of hydrogen-bond acceptors (Lipinski definition) is 1. The van der Waals surface area contributed by atoms with Crippen LogP contribution in [0, 0.1) is 0 Å². The first kappa shape index (κ1) is 43.9. The van der Waals surface area contributed by atoms with Gasteiger partial charge in [-0.3, -0.25) is 0 Å². The van der Waals surface area contributed by atoms with Gasteiger partial charge in [0.25, 0.3) is 0 Å². The highest BCUT2D eigenvalue weighted by Crippen LogP contribution is 2.52. The molecule has 1 aliphatic carbocycles. The molecule has 0 fully saturated rings. The molecular weight excluding hydrogens is 889 g/mol. The molecule has 0 bridgehead atoms. The summed E-state index contributed by atoms with van der Waals surface area (Å²) in [5.41, 5.74) is 22.6. The van der Waals surface area contributed by atoms with Crippen molar-refractivity contribution in [3.8, 4) is 67.0 Å². The van der Waals surface area contributed by atoms with Gasteiger partial charge < -0.3 is 9.47 Å². The number of nitrogens with zero attached hydrogens (tertiary/aromatic N) is 6. The number of pyridine rings is 2. The van der Waals surface area contributed by atoms with E-state index in [9.17, 15) is 0 Å². The van der Waals surface area contributed by atoms with Crippen LogP contribution in [0.4, 0.5) is 17.1 Å². The molecule has 0 saturated heterocycles. The van der Waals surface area contributed by atoms with Crippen molar-refractivity contribution in [2.45, 2.75) is 19.3 Å². The van der Waals surface area contributed by atoms with Gasteiger partial charge in [0.2, 0.25) is 6.33 Å². The van der Waals surface area contributed by atoms with Gasteiger partial charge in [0.15, 0.2) is 24.8 Å². The SMILES string of the molecule is C[n+]1ccc(-c2ccc(-n3c4ccc(-c5ccc(N(c6ccc(-c7ccccc7)cc6)c6ccc7c(c6)C(C)(C)c6cc(-c8cc[n+](C)cc8)ccc6-7)cc5)cc4c4cc(-n5cc[n+](C)c5)ccc43)cc2)cc1. The van der Waals surface area contributed by atoms with Gasteiger partial charge in [0, 0.05) is 63.2 Å². The van der Waals surface area contributed by atoms with Crippen LogP contribution in [0.3, 0.4) is 0 Å². The lowest BCUT2D eigenvalue weighted by molar-refractivity contribution is -0.671. The number of anilines is 3. The zero-order valence-electron chi connectivity index (χ0n) is 41.8. The van der Waals surface area contributed by atoms with Crippen molar-refractivity contribution in [2.75, 3.05) is 4.90 Å². The second-order valence-electron chi connectivity index (χ2n) is 20.2. The van der Waals surface area contributed by atoms with Crippen molar-refractivity contribution in [1.82, 2.24) is 9.13 Å². The molecule has 0 spiro atoms. The molecule has 0 N–H and O–H groups in total. The molecule has 4 heterocycles. The van der Waals surface area contributed by atoms with Crippen molar-refractivity contribution in [3.05, 3.63) is 255 Å². The number of aryl methyl sites for hydroxylation is 3. The number of benzene rings is 8. The Morgan fingerprint density at radius 2 is 0.822 bits per heavy atom. The zero-order chi connectivity index (χ0) is 49.4. The maximum atomic E-state index is 2.43. The summed E-state index contributed by atoms with van der Waals surface area (Å²) in [6.45, 7) is 4.75. The molecular formula is C67H55N6+3. The van der Waals surface area contributed by atoms with Crippen LogP contribution in [0.25, 0.3) is 88.8 Å². The van der Waals surface area contributed by atoms with Gasteiger partial charge in [0.05, 0.1) is 18.1 Å². The first-order valence-electron chi connectivity index (χ1n) is 25.1. The summed E-state index contributed by atoms with van der Waals surface area (Å²) in [6, 6.07) is 74.3. The minimum atomic E-state index is -0.199. The molecule has 1 aliphatic rings. The van der Waals surface area contributed by atoms with E-state index < -0.39 is 0 Å². The van der Waals surface area contributed by atoms with Crippen LogP contribution in [-0.2, 0) is 26.6 Å². The van der Waals surface area contributed by atoms with Crippen molar-refractivity contribution in [1.29, 1.82) is 0 Å². The standard InChI is InChI=1S/C67H55N6/c1-67(2)63-42-53(51-33-37-69(4)38-34-51)17-27-59(63)60-28-25-58(44-64(60)67)72(54-19-11-47(12-20-54)46-9-7-6-8-10-46)55-21-15-49(16-22-55)52-18-29-65-61(41-52)62-43-57(71-40-39-70(5)45-71)26-30-66(62)73(65)56-23-13-48(14-24-56)50-31-35-68(3)36-32-50/h6-45H,1-5H3/q+3. The summed E-state index contributed by atoms with van der Waals surface area (Å²) in [6.07, 6.45) is 14.7. The third kappa shape index (κ3) is 7.71. The first-order valence-corrected chi connectivity index (χ1v) is 25.1. The summed E-state index contributed by atoms with van der Waals surface area (Å²) in [4.78, 5) is 2.41. The summed E-state index contributed by atoms with van der Waals surface area (Å²) >= 11 is 0. The number of hydrogen-bond donors (Lipinski definition) is 0. The molecule has 0 amide bonds. The molecule has 8 aromatic carbocycles. The van der Waals surface area contributed by atoms with E-state index in [4.69, 9.17) is 0 Å². The van der Waals surface area contributed by atoms with Gasteiger partial charge >= 0.3 is 0 Å². The number of imidazole rings is 1. The molecule has 0 unspecified atom stereocenters. The van der Waals surface area contributed by atoms with E-state index in [0.29, 0.717) is 0 Å². The van der Waals surface area contributed by atoms with E-state index in [1.165, 1.54) is 83.0 Å². The van der Waals surface area contributed by atoms with E-state index in [1.807, 2.05) is 0 Å². The van der Waals surface area contributed by atoms with Gasteiger partial charge in [0.1, 0.15) is 32.2 Å². The van der Waals surface area contributed by atoms with Gasteiger partial charge in [-0.05, 0) is 152 Å². The highest BCUT2D eigenvalue weighted by atomic mass is 15.1. The van der Waals surface area contributed by atoms with Gasteiger partial charge in [-0.1, -0.05) is 105 Å². The van der Waals surface area contributed by atoms with Crippen LogP contribution < -0.4 is 18.6 Å². The molecule has 4 aromatic heterocycles. The molecule has 0 aliphatic heterocycles. The van der Waals surface area contributed by atoms with Gasteiger partial charge in [-0.15, -0.1) is 0 Å². The van der Waals surface area contributed by atoms with Gasteiger partial charge in [-0.25, -0.2) is 18.3 Å². The lowest BCUT2D eigenvalue weighted by atomic mass is 9.81. The summed E-state index contributed by atoms with van der Waals surface area (Å²) in [5.74, 6) is 0. The Hall–Kier alpha value is -9.13. The maximum Gasteiger partial charge on any atom is 0.248 e. The monoisotopic (exact) mass is 943 g/mol.